The molecule has 0 nitrogen and oxygen atoms in total. The lowest BCUT2D eigenvalue weighted by molar-refractivity contribution is 0.136. The van der Waals surface area contributed by atoms with Gasteiger partial charge in [-0.2, -0.15) is 0 Å². The van der Waals surface area contributed by atoms with Crippen molar-refractivity contribution < 1.29 is 0 Å². The summed E-state index contributed by atoms with van der Waals surface area (Å²) in [5, 5.41) is 0. The fourth-order valence-electron chi connectivity index (χ4n) is 3.75. The smallest absolute Gasteiger partial charge is 0.0352 e. The van der Waals surface area contributed by atoms with Gasteiger partial charge in [-0.15, -0.1) is 0 Å². The Morgan fingerprint density at radius 3 is 2.29 bits per heavy atom. The van der Waals surface area contributed by atoms with Gasteiger partial charge < -0.3 is 0 Å². The second-order valence-corrected chi connectivity index (χ2v) is 6.28. The Labute approximate surface area is 88.5 Å². The summed E-state index contributed by atoms with van der Waals surface area (Å²) < 4.78 is 0. The molecule has 3 atom stereocenters. The second kappa shape index (κ2) is 3.25. The zero-order valence-electron chi connectivity index (χ0n) is 9.71. The quantitative estimate of drug-likeness (QED) is 0.629. The van der Waals surface area contributed by atoms with E-state index in [2.05, 4.69) is 13.8 Å². The minimum Gasteiger partial charge on any atom is -0.0651 e. The van der Waals surface area contributed by atoms with E-state index in [-0.39, 0.29) is 0 Å². The standard InChI is InChI=1S/C14H24/c1-3-9(2)13-8-14(13)12-6-11(7-12)10-4-5-10/h9-14H,3-8H2,1-2H3. The monoisotopic (exact) mass is 192 g/mol. The molecule has 0 aromatic heterocycles. The summed E-state index contributed by atoms with van der Waals surface area (Å²) in [7, 11) is 0. The van der Waals surface area contributed by atoms with E-state index in [0.717, 1.165) is 11.8 Å². The van der Waals surface area contributed by atoms with E-state index >= 15 is 0 Å². The van der Waals surface area contributed by atoms with Gasteiger partial charge in [-0.1, -0.05) is 20.3 Å². The van der Waals surface area contributed by atoms with Crippen LogP contribution in [0.5, 0.6) is 0 Å². The van der Waals surface area contributed by atoms with Crippen LogP contribution in [0, 0.1) is 35.5 Å². The van der Waals surface area contributed by atoms with E-state index in [1.807, 2.05) is 0 Å². The van der Waals surface area contributed by atoms with Gasteiger partial charge in [-0.05, 0) is 67.6 Å². The average Bonchev–Trinajstić information content (AvgIpc) is 2.92. The van der Waals surface area contributed by atoms with Crippen molar-refractivity contribution in [3.05, 3.63) is 0 Å². The molecule has 0 N–H and O–H groups in total. The molecule has 14 heavy (non-hydrogen) atoms. The Morgan fingerprint density at radius 1 is 1.00 bits per heavy atom. The van der Waals surface area contributed by atoms with Gasteiger partial charge in [0.25, 0.3) is 0 Å². The maximum Gasteiger partial charge on any atom is -0.0352 e. The van der Waals surface area contributed by atoms with Crippen molar-refractivity contribution in [1.82, 2.24) is 0 Å². The van der Waals surface area contributed by atoms with Crippen molar-refractivity contribution in [2.75, 3.05) is 0 Å². The zero-order chi connectivity index (χ0) is 9.71. The van der Waals surface area contributed by atoms with E-state index in [9.17, 15) is 0 Å². The predicted octanol–water partition coefficient (Wildman–Crippen LogP) is 4.10. The third kappa shape index (κ3) is 1.51. The normalized spacial score (nSPS) is 48.4. The van der Waals surface area contributed by atoms with Gasteiger partial charge in [0, 0.05) is 0 Å². The van der Waals surface area contributed by atoms with Gasteiger partial charge in [-0.25, -0.2) is 0 Å². The fourth-order valence-corrected chi connectivity index (χ4v) is 3.75. The minimum atomic E-state index is 1.01. The molecule has 3 fully saturated rings. The Balaban J connectivity index is 1.43. The van der Waals surface area contributed by atoms with Crippen molar-refractivity contribution in [3.63, 3.8) is 0 Å². The lowest BCUT2D eigenvalue weighted by atomic mass is 9.69. The molecule has 0 aliphatic heterocycles. The molecular weight excluding hydrogens is 168 g/mol. The van der Waals surface area contributed by atoms with Crippen molar-refractivity contribution in [1.29, 1.82) is 0 Å². The van der Waals surface area contributed by atoms with E-state index < -0.39 is 0 Å². The van der Waals surface area contributed by atoms with E-state index in [1.54, 1.807) is 32.1 Å². The predicted molar refractivity (Wildman–Crippen MR) is 60.0 cm³/mol. The molecule has 0 aromatic carbocycles. The maximum absolute atomic E-state index is 2.46. The van der Waals surface area contributed by atoms with Crippen LogP contribution in [0.4, 0.5) is 0 Å². The molecule has 0 spiro atoms. The highest BCUT2D eigenvalue weighted by Crippen LogP contribution is 2.60. The van der Waals surface area contributed by atoms with Crippen LogP contribution in [0.25, 0.3) is 0 Å². The summed E-state index contributed by atoms with van der Waals surface area (Å²) in [6.45, 7) is 4.82. The van der Waals surface area contributed by atoms with Crippen LogP contribution in [0.3, 0.4) is 0 Å². The molecular formula is C14H24. The second-order valence-electron chi connectivity index (χ2n) is 6.28. The van der Waals surface area contributed by atoms with Crippen molar-refractivity contribution >= 4 is 0 Å². The largest absolute Gasteiger partial charge is 0.0651 e. The van der Waals surface area contributed by atoms with Gasteiger partial charge in [0.05, 0.1) is 0 Å². The SMILES string of the molecule is CCC(C)C1CC1C1CC(C2CC2)C1. The molecule has 3 aliphatic rings. The Kier molecular flexibility index (Phi) is 2.15. The van der Waals surface area contributed by atoms with Crippen LogP contribution in [-0.4, -0.2) is 0 Å². The molecule has 0 aromatic rings. The van der Waals surface area contributed by atoms with Crippen molar-refractivity contribution in [2.45, 2.75) is 52.4 Å². The highest BCUT2D eigenvalue weighted by atomic mass is 14.6. The molecule has 0 amide bonds. The first-order valence-corrected chi connectivity index (χ1v) is 6.79. The minimum absolute atomic E-state index is 1.01. The highest BCUT2D eigenvalue weighted by Gasteiger charge is 2.51. The van der Waals surface area contributed by atoms with Crippen LogP contribution >= 0.6 is 0 Å². The Hall–Kier alpha value is 0. The molecule has 0 heterocycles. The summed E-state index contributed by atoms with van der Waals surface area (Å²) in [5.74, 6) is 6.84. The van der Waals surface area contributed by atoms with E-state index in [0.29, 0.717) is 0 Å². The summed E-state index contributed by atoms with van der Waals surface area (Å²) in [5.41, 5.74) is 0. The highest BCUT2D eigenvalue weighted by molar-refractivity contribution is 5.01. The Bertz CT molecular complexity index is 210. The Morgan fingerprint density at radius 2 is 1.71 bits per heavy atom. The molecule has 3 unspecified atom stereocenters. The van der Waals surface area contributed by atoms with Gasteiger partial charge in [-0.3, -0.25) is 0 Å². The molecule has 3 saturated carbocycles. The third-order valence-corrected chi connectivity index (χ3v) is 5.37. The van der Waals surface area contributed by atoms with Gasteiger partial charge >= 0.3 is 0 Å². The van der Waals surface area contributed by atoms with Gasteiger partial charge in [0.2, 0.25) is 0 Å². The molecule has 80 valence electrons. The summed E-state index contributed by atoms with van der Waals surface area (Å²) in [4.78, 5) is 0. The molecule has 0 radical (unpaired) electrons. The van der Waals surface area contributed by atoms with E-state index in [4.69, 9.17) is 0 Å². The fraction of sp³-hybridized carbons (Fsp3) is 1.00. The zero-order valence-corrected chi connectivity index (χ0v) is 9.71. The first kappa shape index (κ1) is 9.24. The van der Waals surface area contributed by atoms with Crippen LogP contribution in [0.1, 0.15) is 52.4 Å². The topological polar surface area (TPSA) is 0 Å². The van der Waals surface area contributed by atoms with E-state index in [1.165, 1.54) is 30.1 Å². The third-order valence-electron chi connectivity index (χ3n) is 5.37. The van der Waals surface area contributed by atoms with Crippen LogP contribution < -0.4 is 0 Å². The molecule has 0 saturated heterocycles. The first-order valence-electron chi connectivity index (χ1n) is 6.79. The molecule has 3 rings (SSSR count). The van der Waals surface area contributed by atoms with Crippen LogP contribution in [0.15, 0.2) is 0 Å². The molecule has 3 aliphatic carbocycles. The summed E-state index contributed by atoms with van der Waals surface area (Å²) >= 11 is 0. The number of hydrogen-bond acceptors (Lipinski definition) is 0. The average molecular weight is 192 g/mol. The maximum atomic E-state index is 2.46. The van der Waals surface area contributed by atoms with Gasteiger partial charge in [0.15, 0.2) is 0 Å². The van der Waals surface area contributed by atoms with Crippen molar-refractivity contribution in [2.24, 2.45) is 35.5 Å². The van der Waals surface area contributed by atoms with Crippen LogP contribution in [0.2, 0.25) is 0 Å². The van der Waals surface area contributed by atoms with Crippen LogP contribution in [-0.2, 0) is 0 Å². The molecule has 0 bridgehead atoms. The number of hydrogen-bond donors (Lipinski definition) is 0. The van der Waals surface area contributed by atoms with Gasteiger partial charge in [0.1, 0.15) is 0 Å². The lowest BCUT2D eigenvalue weighted by Crippen LogP contribution is -2.27. The summed E-state index contributed by atoms with van der Waals surface area (Å²) in [6.07, 6.45) is 9.34. The number of rotatable bonds is 4. The molecule has 0 heteroatoms. The lowest BCUT2D eigenvalue weighted by Gasteiger charge is -2.36. The first-order chi connectivity index (χ1) is 6.79. The van der Waals surface area contributed by atoms with Crippen molar-refractivity contribution in [3.8, 4) is 0 Å². The summed E-state index contributed by atoms with van der Waals surface area (Å²) in [6, 6.07) is 0.